The zero-order chi connectivity index (χ0) is 11.8. The minimum atomic E-state index is -0.176. The van der Waals surface area contributed by atoms with E-state index in [1.54, 1.807) is 7.11 Å². The summed E-state index contributed by atoms with van der Waals surface area (Å²) in [5.74, 6) is 1.25. The zero-order valence-electron chi connectivity index (χ0n) is 9.78. The third-order valence-electron chi connectivity index (χ3n) is 2.48. The van der Waals surface area contributed by atoms with Gasteiger partial charge in [0.25, 0.3) is 0 Å². The molecule has 0 spiro atoms. The molecule has 0 unspecified atom stereocenters. The van der Waals surface area contributed by atoms with Gasteiger partial charge in [-0.25, -0.2) is 4.99 Å². The van der Waals surface area contributed by atoms with E-state index in [1.165, 1.54) is 0 Å². The molecule has 4 heteroatoms. The van der Waals surface area contributed by atoms with Gasteiger partial charge in [0, 0.05) is 0 Å². The molecule has 1 aromatic carbocycles. The predicted molar refractivity (Wildman–Crippen MR) is 64.0 cm³/mol. The van der Waals surface area contributed by atoms with Crippen molar-refractivity contribution in [2.45, 2.75) is 19.4 Å². The monoisotopic (exact) mass is 220 g/mol. The Kier molecular flexibility index (Phi) is 2.50. The van der Waals surface area contributed by atoms with Crippen LogP contribution in [0.4, 0.5) is 5.69 Å². The first-order valence-corrected chi connectivity index (χ1v) is 5.19. The van der Waals surface area contributed by atoms with E-state index in [0.29, 0.717) is 23.9 Å². The number of para-hydroxylation sites is 1. The fourth-order valence-electron chi connectivity index (χ4n) is 1.63. The molecule has 1 aromatic rings. The van der Waals surface area contributed by atoms with Crippen molar-refractivity contribution in [1.82, 2.24) is 0 Å². The quantitative estimate of drug-likeness (QED) is 0.773. The zero-order valence-corrected chi connectivity index (χ0v) is 9.78. The second kappa shape index (κ2) is 3.70. The molecule has 1 aliphatic rings. The first kappa shape index (κ1) is 10.8. The molecule has 0 aliphatic carbocycles. The van der Waals surface area contributed by atoms with Crippen LogP contribution in [0.5, 0.6) is 5.75 Å². The Balaban J connectivity index is 2.42. The molecule has 0 bridgehead atoms. The maximum atomic E-state index is 5.98. The van der Waals surface area contributed by atoms with Crippen LogP contribution >= 0.6 is 0 Å². The smallest absolute Gasteiger partial charge is 0.219 e. The van der Waals surface area contributed by atoms with Gasteiger partial charge in [-0.3, -0.25) is 0 Å². The van der Waals surface area contributed by atoms with Crippen LogP contribution in [0.1, 0.15) is 19.4 Å². The van der Waals surface area contributed by atoms with Gasteiger partial charge >= 0.3 is 0 Å². The van der Waals surface area contributed by atoms with Crippen molar-refractivity contribution in [1.29, 1.82) is 0 Å². The second-order valence-electron chi connectivity index (χ2n) is 4.44. The number of methoxy groups -OCH3 is 1. The van der Waals surface area contributed by atoms with E-state index in [-0.39, 0.29) is 5.54 Å². The number of rotatable bonds is 2. The van der Waals surface area contributed by atoms with E-state index in [0.717, 1.165) is 5.56 Å². The summed E-state index contributed by atoms with van der Waals surface area (Å²) in [5.41, 5.74) is 7.17. The Hall–Kier alpha value is -1.71. The van der Waals surface area contributed by atoms with Crippen molar-refractivity contribution >= 4 is 11.6 Å². The van der Waals surface area contributed by atoms with Crippen LogP contribution in [0.15, 0.2) is 23.2 Å². The highest BCUT2D eigenvalue weighted by Gasteiger charge is 2.28. The normalized spacial score (nSPS) is 17.8. The lowest BCUT2D eigenvalue weighted by Gasteiger charge is -2.09. The fraction of sp³-hybridized carbons (Fsp3) is 0.417. The molecule has 0 atom stereocenters. The van der Waals surface area contributed by atoms with Crippen LogP contribution in [0, 0.1) is 0 Å². The Morgan fingerprint density at radius 3 is 2.75 bits per heavy atom. The van der Waals surface area contributed by atoms with Gasteiger partial charge in [0.1, 0.15) is 12.4 Å². The molecule has 4 nitrogen and oxygen atoms in total. The van der Waals surface area contributed by atoms with Crippen molar-refractivity contribution in [3.05, 3.63) is 23.8 Å². The average molecular weight is 220 g/mol. The largest absolute Gasteiger partial charge is 0.495 e. The first-order chi connectivity index (χ1) is 7.53. The Bertz CT molecular complexity index is 439. The van der Waals surface area contributed by atoms with Crippen molar-refractivity contribution in [3.8, 4) is 5.75 Å². The van der Waals surface area contributed by atoms with Gasteiger partial charge < -0.3 is 15.2 Å². The molecule has 2 N–H and O–H groups in total. The highest BCUT2D eigenvalue weighted by atomic mass is 16.5. The van der Waals surface area contributed by atoms with Crippen molar-refractivity contribution in [2.75, 3.05) is 19.5 Å². The summed E-state index contributed by atoms with van der Waals surface area (Å²) in [4.78, 5) is 4.49. The number of nitrogen functional groups attached to an aromatic ring is 1. The third-order valence-corrected chi connectivity index (χ3v) is 2.48. The molecule has 1 heterocycles. The topological polar surface area (TPSA) is 56.8 Å². The standard InChI is InChI=1S/C12H16N2O2/c1-12(2)7-16-11(14-12)8-5-4-6-9(15-3)10(8)13/h4-6H,7,13H2,1-3H3. The molecule has 0 saturated carbocycles. The fourth-order valence-corrected chi connectivity index (χ4v) is 1.63. The van der Waals surface area contributed by atoms with Gasteiger partial charge in [-0.15, -0.1) is 0 Å². The summed E-state index contributed by atoms with van der Waals surface area (Å²) < 4.78 is 10.7. The second-order valence-corrected chi connectivity index (χ2v) is 4.44. The average Bonchev–Trinajstić information content (AvgIpc) is 2.59. The van der Waals surface area contributed by atoms with Gasteiger partial charge in [0.2, 0.25) is 5.90 Å². The Morgan fingerprint density at radius 2 is 2.19 bits per heavy atom. The Labute approximate surface area is 95.1 Å². The molecule has 1 aliphatic heterocycles. The van der Waals surface area contributed by atoms with E-state index in [9.17, 15) is 0 Å². The highest BCUT2D eigenvalue weighted by Crippen LogP contribution is 2.29. The summed E-state index contributed by atoms with van der Waals surface area (Å²) >= 11 is 0. The lowest BCUT2D eigenvalue weighted by Crippen LogP contribution is -2.17. The summed E-state index contributed by atoms with van der Waals surface area (Å²) in [6.45, 7) is 4.63. The predicted octanol–water partition coefficient (Wildman–Crippen LogP) is 1.83. The SMILES string of the molecule is COc1cccc(C2=NC(C)(C)CO2)c1N. The van der Waals surface area contributed by atoms with E-state index in [2.05, 4.69) is 4.99 Å². The van der Waals surface area contributed by atoms with E-state index in [4.69, 9.17) is 15.2 Å². The van der Waals surface area contributed by atoms with Crippen molar-refractivity contribution < 1.29 is 9.47 Å². The van der Waals surface area contributed by atoms with Gasteiger partial charge in [-0.1, -0.05) is 6.07 Å². The summed E-state index contributed by atoms with van der Waals surface area (Å²) in [5, 5.41) is 0. The van der Waals surface area contributed by atoms with Gasteiger partial charge in [-0.05, 0) is 26.0 Å². The van der Waals surface area contributed by atoms with Crippen LogP contribution < -0.4 is 10.5 Å². The van der Waals surface area contributed by atoms with Crippen LogP contribution in [0.25, 0.3) is 0 Å². The van der Waals surface area contributed by atoms with E-state index < -0.39 is 0 Å². The summed E-state index contributed by atoms with van der Waals surface area (Å²) in [6.07, 6.45) is 0. The molecule has 0 saturated heterocycles. The summed E-state index contributed by atoms with van der Waals surface area (Å²) in [7, 11) is 1.59. The maximum Gasteiger partial charge on any atom is 0.219 e. The third kappa shape index (κ3) is 1.83. The number of aliphatic imine (C=N–C) groups is 1. The molecule has 0 radical (unpaired) electrons. The molecule has 0 fully saturated rings. The minimum absolute atomic E-state index is 0.176. The van der Waals surface area contributed by atoms with Gasteiger partial charge in [0.15, 0.2) is 0 Å². The molecule has 0 aromatic heterocycles. The van der Waals surface area contributed by atoms with Crippen LogP contribution in [-0.2, 0) is 4.74 Å². The van der Waals surface area contributed by atoms with E-state index >= 15 is 0 Å². The van der Waals surface area contributed by atoms with Gasteiger partial charge in [-0.2, -0.15) is 0 Å². The Morgan fingerprint density at radius 1 is 1.44 bits per heavy atom. The number of ether oxygens (including phenoxy) is 2. The minimum Gasteiger partial charge on any atom is -0.495 e. The van der Waals surface area contributed by atoms with Crippen LogP contribution in [0.2, 0.25) is 0 Å². The van der Waals surface area contributed by atoms with E-state index in [1.807, 2.05) is 32.0 Å². The number of hydrogen-bond donors (Lipinski definition) is 1. The maximum absolute atomic E-state index is 5.98. The molecule has 0 amide bonds. The molecular weight excluding hydrogens is 204 g/mol. The number of hydrogen-bond acceptors (Lipinski definition) is 4. The number of nitrogens with two attached hydrogens (primary N) is 1. The lowest BCUT2D eigenvalue weighted by molar-refractivity contribution is 0.279. The van der Waals surface area contributed by atoms with Crippen LogP contribution in [-0.4, -0.2) is 25.2 Å². The lowest BCUT2D eigenvalue weighted by atomic mass is 10.1. The van der Waals surface area contributed by atoms with Crippen molar-refractivity contribution in [2.24, 2.45) is 4.99 Å². The number of nitrogens with zero attached hydrogens (tertiary/aromatic N) is 1. The molecule has 86 valence electrons. The first-order valence-electron chi connectivity index (χ1n) is 5.19. The highest BCUT2D eigenvalue weighted by molar-refractivity contribution is 6.01. The van der Waals surface area contributed by atoms with Gasteiger partial charge in [0.05, 0.1) is 23.9 Å². The van der Waals surface area contributed by atoms with Crippen molar-refractivity contribution in [3.63, 3.8) is 0 Å². The summed E-state index contributed by atoms with van der Waals surface area (Å²) in [6, 6.07) is 5.58. The molecule has 2 rings (SSSR count). The number of anilines is 1. The van der Waals surface area contributed by atoms with Crippen LogP contribution in [0.3, 0.4) is 0 Å². The molecule has 16 heavy (non-hydrogen) atoms. The number of benzene rings is 1. The molecular formula is C12H16N2O2.